The van der Waals surface area contributed by atoms with E-state index in [4.69, 9.17) is 37.4 Å². The Morgan fingerprint density at radius 2 is 1.85 bits per heavy atom. The third kappa shape index (κ3) is 8.40. The lowest BCUT2D eigenvalue weighted by molar-refractivity contribution is -0.121. The third-order valence-electron chi connectivity index (χ3n) is 7.08. The second kappa shape index (κ2) is 14.6. The molecule has 1 fully saturated rings. The quantitative estimate of drug-likeness (QED) is 0.243. The van der Waals surface area contributed by atoms with Crippen LogP contribution in [0.4, 0.5) is 16.2 Å². The van der Waals surface area contributed by atoms with Crippen LogP contribution in [0.1, 0.15) is 38.2 Å². The number of nitrogens with one attached hydrogen (secondary N) is 1. The van der Waals surface area contributed by atoms with Crippen molar-refractivity contribution < 1.29 is 23.8 Å². The predicted octanol–water partition coefficient (Wildman–Crippen LogP) is 6.04. The summed E-state index contributed by atoms with van der Waals surface area (Å²) in [6.45, 7) is 7.80. The van der Waals surface area contributed by atoms with E-state index in [1.807, 2.05) is 43.3 Å². The van der Waals surface area contributed by atoms with Gasteiger partial charge in [0.05, 0.1) is 34.9 Å². The maximum atomic E-state index is 12.5. The van der Waals surface area contributed by atoms with Gasteiger partial charge in [0.15, 0.2) is 0 Å². The van der Waals surface area contributed by atoms with Crippen LogP contribution in [0.15, 0.2) is 36.4 Å². The second-order valence-electron chi connectivity index (χ2n) is 9.93. The largest absolute Gasteiger partial charge is 0.508 e. The molecule has 0 radical (unpaired) electrons. The van der Waals surface area contributed by atoms with E-state index in [0.717, 1.165) is 81.1 Å². The van der Waals surface area contributed by atoms with Crippen molar-refractivity contribution in [3.63, 3.8) is 0 Å². The van der Waals surface area contributed by atoms with Crippen LogP contribution in [0.2, 0.25) is 10.0 Å². The van der Waals surface area contributed by atoms with Crippen molar-refractivity contribution in [1.82, 2.24) is 4.90 Å². The molecule has 2 aromatic carbocycles. The Kier molecular flexibility index (Phi) is 11.0. The lowest BCUT2D eigenvalue weighted by Gasteiger charge is -2.36. The number of carbonyl (C=O) groups excluding carboxylic acids is 2. The normalized spacial score (nSPS) is 17.4. The molecule has 8 nitrogen and oxygen atoms in total. The first-order chi connectivity index (χ1) is 18.9. The van der Waals surface area contributed by atoms with Crippen LogP contribution < -0.4 is 15.0 Å². The van der Waals surface area contributed by atoms with Gasteiger partial charge < -0.3 is 24.4 Å². The zero-order chi connectivity index (χ0) is 27.6. The van der Waals surface area contributed by atoms with Crippen LogP contribution >= 0.6 is 23.2 Å². The monoisotopic (exact) mass is 577 g/mol. The molecule has 39 heavy (non-hydrogen) atoms. The molecule has 212 valence electrons. The highest BCUT2D eigenvalue weighted by Gasteiger charge is 2.28. The minimum atomic E-state index is -0.726. The topological polar surface area (TPSA) is 80.3 Å². The van der Waals surface area contributed by atoms with E-state index in [-0.39, 0.29) is 12.5 Å². The molecule has 2 aromatic rings. The van der Waals surface area contributed by atoms with Gasteiger partial charge >= 0.3 is 6.16 Å². The van der Waals surface area contributed by atoms with Gasteiger partial charge in [0.2, 0.25) is 5.91 Å². The molecule has 1 atom stereocenters. The van der Waals surface area contributed by atoms with Crippen molar-refractivity contribution in [2.75, 3.05) is 62.8 Å². The van der Waals surface area contributed by atoms with E-state index in [9.17, 15) is 9.59 Å². The summed E-state index contributed by atoms with van der Waals surface area (Å²) >= 11 is 12.6. The molecule has 1 amide bonds. The minimum absolute atomic E-state index is 0.00210. The molecule has 0 spiro atoms. The number of hydrogen-bond donors (Lipinski definition) is 1. The van der Waals surface area contributed by atoms with Crippen molar-refractivity contribution in [3.05, 3.63) is 52.0 Å². The number of nitrogens with zero attached hydrogens (tertiary/aromatic N) is 2. The maximum Gasteiger partial charge on any atom is 0.508 e. The van der Waals surface area contributed by atoms with Crippen molar-refractivity contribution >= 4 is 46.6 Å². The third-order valence-corrected chi connectivity index (χ3v) is 7.89. The number of amides is 1. The summed E-state index contributed by atoms with van der Waals surface area (Å²) in [5.41, 5.74) is 2.75. The van der Waals surface area contributed by atoms with Gasteiger partial charge in [0, 0.05) is 37.9 Å². The first kappa shape index (κ1) is 29.3. The number of ether oxygens (including phenoxy) is 3. The molecule has 0 saturated carbocycles. The van der Waals surface area contributed by atoms with Crippen molar-refractivity contribution in [2.24, 2.45) is 5.92 Å². The van der Waals surface area contributed by atoms with E-state index in [1.165, 1.54) is 0 Å². The Balaban J connectivity index is 1.13. The van der Waals surface area contributed by atoms with Gasteiger partial charge in [0.1, 0.15) is 12.4 Å². The van der Waals surface area contributed by atoms with Crippen molar-refractivity contribution in [2.45, 2.75) is 39.0 Å². The fourth-order valence-electron chi connectivity index (χ4n) is 4.75. The number of unbranched alkanes of at least 4 members (excludes halogenated alkanes) is 2. The number of fused-ring (bicyclic) bond motifs is 1. The Morgan fingerprint density at radius 1 is 1.03 bits per heavy atom. The van der Waals surface area contributed by atoms with Crippen LogP contribution in [-0.4, -0.2) is 69.5 Å². The average Bonchev–Trinajstić information content (AvgIpc) is 2.94. The Morgan fingerprint density at radius 3 is 2.64 bits per heavy atom. The van der Waals surface area contributed by atoms with Crippen LogP contribution in [0.25, 0.3) is 0 Å². The molecule has 2 aliphatic heterocycles. The van der Waals surface area contributed by atoms with Gasteiger partial charge in [-0.15, -0.1) is 0 Å². The summed E-state index contributed by atoms with van der Waals surface area (Å²) in [6.07, 6.45) is 3.48. The summed E-state index contributed by atoms with van der Waals surface area (Å²) in [5.74, 6) is 0.126. The van der Waals surface area contributed by atoms with Crippen LogP contribution in [-0.2, 0) is 20.7 Å². The predicted molar refractivity (Wildman–Crippen MR) is 154 cm³/mol. The fourth-order valence-corrected chi connectivity index (χ4v) is 5.17. The maximum absolute atomic E-state index is 12.5. The van der Waals surface area contributed by atoms with Gasteiger partial charge in [-0.25, -0.2) is 4.79 Å². The van der Waals surface area contributed by atoms with Crippen LogP contribution in [0, 0.1) is 5.92 Å². The average molecular weight is 579 g/mol. The highest BCUT2D eigenvalue weighted by atomic mass is 35.5. The SMILES string of the molecule is CCCCOC(=O)OCC1Cc2ccc(OCCCCN3CCN(c4cccc(Cl)c4Cl)CC3)cc2NC1=O. The molecule has 10 heteroatoms. The first-order valence-electron chi connectivity index (χ1n) is 13.7. The molecule has 0 aliphatic carbocycles. The highest BCUT2D eigenvalue weighted by molar-refractivity contribution is 6.43. The number of rotatable bonds is 12. The number of hydrogen-bond acceptors (Lipinski definition) is 7. The van der Waals surface area contributed by atoms with E-state index >= 15 is 0 Å². The van der Waals surface area contributed by atoms with E-state index in [1.54, 1.807) is 0 Å². The summed E-state index contributed by atoms with van der Waals surface area (Å²) in [6, 6.07) is 11.5. The Labute approximate surface area is 240 Å². The number of carbonyl (C=O) groups is 2. The first-order valence-corrected chi connectivity index (χ1v) is 14.5. The van der Waals surface area contributed by atoms with Crippen molar-refractivity contribution in [3.8, 4) is 5.75 Å². The molecule has 2 heterocycles. The molecule has 2 aliphatic rings. The van der Waals surface area contributed by atoms with Crippen LogP contribution in [0.3, 0.4) is 0 Å². The molecule has 0 aromatic heterocycles. The number of piperazine rings is 1. The lowest BCUT2D eigenvalue weighted by atomic mass is 9.94. The van der Waals surface area contributed by atoms with Gasteiger partial charge in [0.25, 0.3) is 0 Å². The molecule has 0 bridgehead atoms. The molecule has 4 rings (SSSR count). The summed E-state index contributed by atoms with van der Waals surface area (Å²) in [5, 5.41) is 4.13. The van der Waals surface area contributed by atoms with E-state index in [2.05, 4.69) is 15.1 Å². The molecule has 1 unspecified atom stereocenters. The van der Waals surface area contributed by atoms with Gasteiger partial charge in [-0.1, -0.05) is 48.7 Å². The van der Waals surface area contributed by atoms with E-state index in [0.29, 0.717) is 29.7 Å². The van der Waals surface area contributed by atoms with Crippen LogP contribution in [0.5, 0.6) is 5.75 Å². The van der Waals surface area contributed by atoms with Crippen molar-refractivity contribution in [1.29, 1.82) is 0 Å². The zero-order valence-corrected chi connectivity index (χ0v) is 23.9. The Bertz CT molecular complexity index is 1120. The van der Waals surface area contributed by atoms with Gasteiger partial charge in [-0.3, -0.25) is 9.69 Å². The smallest absolute Gasteiger partial charge is 0.494 e. The fraction of sp³-hybridized carbons (Fsp3) is 0.517. The number of anilines is 2. The molecular weight excluding hydrogens is 541 g/mol. The van der Waals surface area contributed by atoms with Gasteiger partial charge in [-0.2, -0.15) is 0 Å². The Hall–Kier alpha value is -2.68. The lowest BCUT2D eigenvalue weighted by Crippen LogP contribution is -2.46. The molecule has 1 saturated heterocycles. The summed E-state index contributed by atoms with van der Waals surface area (Å²) in [4.78, 5) is 29.0. The molecular formula is C29H37Cl2N3O5. The number of halogens is 2. The number of benzene rings is 2. The summed E-state index contributed by atoms with van der Waals surface area (Å²) < 4.78 is 16.1. The van der Waals surface area contributed by atoms with Gasteiger partial charge in [-0.05, 0) is 56.0 Å². The highest BCUT2D eigenvalue weighted by Crippen LogP contribution is 2.33. The summed E-state index contributed by atoms with van der Waals surface area (Å²) in [7, 11) is 0. The second-order valence-corrected chi connectivity index (χ2v) is 10.7. The van der Waals surface area contributed by atoms with E-state index < -0.39 is 12.1 Å². The minimum Gasteiger partial charge on any atom is -0.494 e. The standard InChI is InChI=1S/C29H37Cl2N3O5/c1-2-3-16-38-29(36)39-20-22-18-21-9-10-23(19-25(21)32-28(22)35)37-17-5-4-11-33-12-14-34(15-13-33)26-8-6-7-24(30)27(26)31/h6-10,19,22H,2-5,11-18,20H2,1H3,(H,32,35). The molecule has 1 N–H and O–H groups in total. The zero-order valence-electron chi connectivity index (χ0n) is 22.4.